The fraction of sp³-hybridized carbons (Fsp3) is 0.524. The van der Waals surface area contributed by atoms with E-state index >= 15 is 0 Å². The molecule has 1 aromatic carbocycles. The molecule has 1 amide bonds. The van der Waals surface area contributed by atoms with Gasteiger partial charge in [0, 0.05) is 59.2 Å². The normalized spacial score (nSPS) is 14.4. The number of guanidine groups is 1. The third kappa shape index (κ3) is 6.96. The lowest BCUT2D eigenvalue weighted by Gasteiger charge is -2.36. The van der Waals surface area contributed by atoms with Crippen LogP contribution in [0.3, 0.4) is 0 Å². The molecule has 1 aliphatic rings. The second-order valence-corrected chi connectivity index (χ2v) is 7.15. The third-order valence-corrected chi connectivity index (χ3v) is 5.18. The van der Waals surface area contributed by atoms with E-state index in [0.29, 0.717) is 0 Å². The summed E-state index contributed by atoms with van der Waals surface area (Å²) >= 11 is 0. The van der Waals surface area contributed by atoms with Crippen molar-refractivity contribution in [2.24, 2.45) is 4.99 Å². The van der Waals surface area contributed by atoms with Gasteiger partial charge in [-0.3, -0.25) is 9.79 Å². The summed E-state index contributed by atoms with van der Waals surface area (Å²) in [7, 11) is 0. The monoisotopic (exact) mass is 525 g/mol. The van der Waals surface area contributed by atoms with E-state index in [2.05, 4.69) is 56.2 Å². The number of aromatic nitrogens is 3. The minimum absolute atomic E-state index is 0. The first-order valence-corrected chi connectivity index (χ1v) is 10.4. The van der Waals surface area contributed by atoms with Crippen LogP contribution in [0.1, 0.15) is 25.2 Å². The first-order valence-electron chi connectivity index (χ1n) is 10.4. The lowest BCUT2D eigenvalue weighted by molar-refractivity contribution is -0.130. The van der Waals surface area contributed by atoms with Gasteiger partial charge in [0.2, 0.25) is 5.91 Å². The molecule has 1 saturated heterocycles. The van der Waals surface area contributed by atoms with Crippen molar-refractivity contribution in [1.29, 1.82) is 0 Å². The topological polar surface area (TPSA) is 78.7 Å². The first-order chi connectivity index (χ1) is 14.2. The number of piperazine rings is 1. The van der Waals surface area contributed by atoms with Crippen LogP contribution in [0, 0.1) is 0 Å². The zero-order valence-electron chi connectivity index (χ0n) is 17.8. The van der Waals surface area contributed by atoms with Crippen molar-refractivity contribution in [3.8, 4) is 0 Å². The molecule has 0 unspecified atom stereocenters. The fourth-order valence-electron chi connectivity index (χ4n) is 3.46. The molecule has 2 heterocycles. The van der Waals surface area contributed by atoms with Crippen LogP contribution >= 0.6 is 24.0 Å². The molecule has 30 heavy (non-hydrogen) atoms. The Kier molecular flexibility index (Phi) is 10.0. The van der Waals surface area contributed by atoms with E-state index < -0.39 is 0 Å². The molecule has 0 saturated carbocycles. The van der Waals surface area contributed by atoms with Crippen LogP contribution in [0.4, 0.5) is 0 Å². The van der Waals surface area contributed by atoms with Gasteiger partial charge >= 0.3 is 0 Å². The van der Waals surface area contributed by atoms with Gasteiger partial charge in [0.1, 0.15) is 12.2 Å². The molecule has 3 rings (SSSR count). The molecule has 1 fully saturated rings. The minimum atomic E-state index is 0. The van der Waals surface area contributed by atoms with E-state index in [1.807, 2.05) is 11.0 Å². The smallest absolute Gasteiger partial charge is 0.219 e. The van der Waals surface area contributed by atoms with Gasteiger partial charge in [-0.1, -0.05) is 37.3 Å². The zero-order valence-corrected chi connectivity index (χ0v) is 20.2. The first kappa shape index (κ1) is 24.1. The van der Waals surface area contributed by atoms with Crippen molar-refractivity contribution in [3.05, 3.63) is 48.0 Å². The zero-order chi connectivity index (χ0) is 20.5. The number of halogens is 1. The van der Waals surface area contributed by atoms with Crippen LogP contribution in [0.2, 0.25) is 0 Å². The molecule has 1 N–H and O–H groups in total. The molecular weight excluding hydrogens is 493 g/mol. The van der Waals surface area contributed by atoms with E-state index in [0.717, 1.165) is 70.4 Å². The van der Waals surface area contributed by atoms with Crippen molar-refractivity contribution in [1.82, 2.24) is 29.9 Å². The average Bonchev–Trinajstić information content (AvgIpc) is 3.21. The molecule has 8 nitrogen and oxygen atoms in total. The van der Waals surface area contributed by atoms with Gasteiger partial charge in [-0.2, -0.15) is 0 Å². The second kappa shape index (κ2) is 12.5. The fourth-order valence-corrected chi connectivity index (χ4v) is 3.46. The molecule has 0 bridgehead atoms. The third-order valence-electron chi connectivity index (χ3n) is 5.18. The van der Waals surface area contributed by atoms with Crippen molar-refractivity contribution >= 4 is 35.8 Å². The number of benzene rings is 1. The van der Waals surface area contributed by atoms with Gasteiger partial charge in [-0.05, 0) is 12.0 Å². The predicted molar refractivity (Wildman–Crippen MR) is 129 cm³/mol. The standard InChI is InChI=1S/C21H31N7O.HI/c1-3-20-25-24-17-28(20)12-11-23-21(22-10-9-19-7-5-4-6-8-19)27-15-13-26(14-16-27)18(2)29;/h4-8,17H,3,9-16H2,1-2H3,(H,22,23);1H. The van der Waals surface area contributed by atoms with Crippen LogP contribution in [0.25, 0.3) is 0 Å². The van der Waals surface area contributed by atoms with E-state index in [-0.39, 0.29) is 29.9 Å². The van der Waals surface area contributed by atoms with Crippen LogP contribution in [0.5, 0.6) is 0 Å². The Balaban J connectivity index is 0.00000320. The average molecular weight is 525 g/mol. The summed E-state index contributed by atoms with van der Waals surface area (Å²) in [4.78, 5) is 20.6. The van der Waals surface area contributed by atoms with Crippen molar-refractivity contribution in [2.75, 3.05) is 39.3 Å². The largest absolute Gasteiger partial charge is 0.354 e. The Hall–Kier alpha value is -2.17. The van der Waals surface area contributed by atoms with E-state index in [9.17, 15) is 4.79 Å². The Morgan fingerprint density at radius 2 is 1.83 bits per heavy atom. The Labute approximate surface area is 195 Å². The molecule has 164 valence electrons. The van der Waals surface area contributed by atoms with Crippen LogP contribution < -0.4 is 5.32 Å². The molecule has 2 aromatic rings. The summed E-state index contributed by atoms with van der Waals surface area (Å²) in [6, 6.07) is 10.4. The van der Waals surface area contributed by atoms with Gasteiger partial charge < -0.3 is 19.7 Å². The predicted octanol–water partition coefficient (Wildman–Crippen LogP) is 1.81. The number of amides is 1. The molecule has 1 aromatic heterocycles. The Bertz CT molecular complexity index is 801. The van der Waals surface area contributed by atoms with Gasteiger partial charge in [0.25, 0.3) is 0 Å². The molecule has 1 aliphatic heterocycles. The van der Waals surface area contributed by atoms with Gasteiger partial charge in [0.15, 0.2) is 5.96 Å². The summed E-state index contributed by atoms with van der Waals surface area (Å²) in [5.41, 5.74) is 1.29. The van der Waals surface area contributed by atoms with Crippen molar-refractivity contribution in [3.63, 3.8) is 0 Å². The minimum Gasteiger partial charge on any atom is -0.354 e. The lowest BCUT2D eigenvalue weighted by Crippen LogP contribution is -2.53. The van der Waals surface area contributed by atoms with Gasteiger partial charge in [0.05, 0.1) is 0 Å². The highest BCUT2D eigenvalue weighted by Gasteiger charge is 2.21. The molecule has 9 heteroatoms. The maximum atomic E-state index is 11.6. The number of aliphatic imine (C=N–C) groups is 1. The number of hydrogen-bond acceptors (Lipinski definition) is 4. The quantitative estimate of drug-likeness (QED) is 0.339. The van der Waals surface area contributed by atoms with E-state index in [4.69, 9.17) is 4.99 Å². The van der Waals surface area contributed by atoms with Crippen LogP contribution in [0.15, 0.2) is 41.7 Å². The highest BCUT2D eigenvalue weighted by atomic mass is 127. The van der Waals surface area contributed by atoms with Crippen LogP contribution in [-0.2, 0) is 24.2 Å². The molecule has 0 radical (unpaired) electrons. The highest BCUT2D eigenvalue weighted by molar-refractivity contribution is 14.0. The van der Waals surface area contributed by atoms with Crippen LogP contribution in [-0.4, -0.2) is 75.7 Å². The van der Waals surface area contributed by atoms with Gasteiger partial charge in [-0.15, -0.1) is 34.2 Å². The lowest BCUT2D eigenvalue weighted by atomic mass is 10.2. The number of rotatable bonds is 7. The molecule has 0 spiro atoms. The van der Waals surface area contributed by atoms with Crippen molar-refractivity contribution < 1.29 is 4.79 Å². The summed E-state index contributed by atoms with van der Waals surface area (Å²) in [5.74, 6) is 2.04. The number of carbonyl (C=O) groups is 1. The Morgan fingerprint density at radius 3 is 2.50 bits per heavy atom. The SMILES string of the molecule is CCc1nncn1CCNC(=NCCc1ccccc1)N1CCN(C(C)=O)CC1.I. The summed E-state index contributed by atoms with van der Waals surface area (Å²) in [5, 5.41) is 11.6. The van der Waals surface area contributed by atoms with E-state index in [1.165, 1.54) is 5.56 Å². The van der Waals surface area contributed by atoms with Gasteiger partial charge in [-0.25, -0.2) is 0 Å². The number of nitrogens with one attached hydrogen (secondary N) is 1. The summed E-state index contributed by atoms with van der Waals surface area (Å²) in [6.07, 6.45) is 3.55. The maximum Gasteiger partial charge on any atom is 0.219 e. The molecule has 0 atom stereocenters. The number of carbonyl (C=O) groups excluding carboxylic acids is 1. The molecular formula is C21H32IN7O. The summed E-state index contributed by atoms with van der Waals surface area (Å²) in [6.45, 7) is 9.05. The number of aryl methyl sites for hydroxylation is 1. The van der Waals surface area contributed by atoms with E-state index in [1.54, 1.807) is 13.3 Å². The second-order valence-electron chi connectivity index (χ2n) is 7.15. The maximum absolute atomic E-state index is 11.6. The Morgan fingerprint density at radius 1 is 1.13 bits per heavy atom. The van der Waals surface area contributed by atoms with Crippen molar-refractivity contribution in [2.45, 2.75) is 33.2 Å². The summed E-state index contributed by atoms with van der Waals surface area (Å²) < 4.78 is 2.07. The number of hydrogen-bond donors (Lipinski definition) is 1. The molecule has 0 aliphatic carbocycles. The number of nitrogens with zero attached hydrogens (tertiary/aromatic N) is 6. The highest BCUT2D eigenvalue weighted by Crippen LogP contribution is 2.05.